The van der Waals surface area contributed by atoms with E-state index in [1.165, 1.54) is 0 Å². The summed E-state index contributed by atoms with van der Waals surface area (Å²) in [7, 11) is -3.51. The first-order chi connectivity index (χ1) is 4.95. The van der Waals surface area contributed by atoms with Crippen LogP contribution in [0, 0.1) is 0 Å². The molecule has 2 unspecified atom stereocenters. The zero-order chi connectivity index (χ0) is 8.65. The molecule has 0 N–H and O–H groups in total. The Kier molecular flexibility index (Phi) is 2.33. The Morgan fingerprint density at radius 1 is 1.64 bits per heavy atom. The smallest absolute Gasteiger partial charge is 0.224 e. The van der Waals surface area contributed by atoms with Gasteiger partial charge in [-0.15, -0.1) is 3.71 Å². The highest BCUT2D eigenvalue weighted by Gasteiger charge is 2.35. The van der Waals surface area contributed by atoms with Crippen LogP contribution < -0.4 is 0 Å². The summed E-state index contributed by atoms with van der Waals surface area (Å²) in [6.45, 7) is 1.57. The van der Waals surface area contributed by atoms with Crippen LogP contribution >= 0.6 is 0 Å². The maximum atomic E-state index is 10.9. The van der Waals surface area contributed by atoms with Gasteiger partial charge in [0, 0.05) is 17.3 Å². The van der Waals surface area contributed by atoms with Crippen LogP contribution in [-0.4, -0.2) is 32.7 Å². The molecule has 0 amide bonds. The van der Waals surface area contributed by atoms with Gasteiger partial charge in [0.1, 0.15) is 0 Å². The molecule has 2 atom stereocenters. The van der Waals surface area contributed by atoms with Gasteiger partial charge in [-0.1, -0.05) is 0 Å². The largest absolute Gasteiger partial charge is 0.759 e. The van der Waals surface area contributed by atoms with Gasteiger partial charge in [-0.3, -0.25) is 4.21 Å². The lowest BCUT2D eigenvalue weighted by Crippen LogP contribution is -2.32. The molecule has 7 heteroatoms. The third kappa shape index (κ3) is 1.61. The Balaban J connectivity index is 2.99. The predicted molar refractivity (Wildman–Crippen MR) is 38.6 cm³/mol. The van der Waals surface area contributed by atoms with Crippen LogP contribution in [-0.2, 0) is 21.3 Å². The average Bonchev–Trinajstić information content (AvgIpc) is 2.06. The molecule has 0 aliphatic carbocycles. The minimum absolute atomic E-state index is 0.0673. The zero-order valence-corrected chi connectivity index (χ0v) is 7.52. The quantitative estimate of drug-likeness (QED) is 0.517. The van der Waals surface area contributed by atoms with E-state index in [9.17, 15) is 17.2 Å². The third-order valence-electron chi connectivity index (χ3n) is 1.57. The summed E-state index contributed by atoms with van der Waals surface area (Å²) in [5, 5.41) is 0. The van der Waals surface area contributed by atoms with Crippen molar-refractivity contribution < 1.29 is 17.2 Å². The predicted octanol–water partition coefficient (Wildman–Crippen LogP) is -0.795. The topological polar surface area (TPSA) is 77.5 Å². The van der Waals surface area contributed by atoms with Crippen LogP contribution in [0.3, 0.4) is 0 Å². The molecular formula is C4H8NO4S2-. The Hall–Kier alpha value is 0.0200. The number of hydrogen-bond acceptors (Lipinski definition) is 4. The maximum Gasteiger partial charge on any atom is 0.224 e. The van der Waals surface area contributed by atoms with E-state index in [2.05, 4.69) is 0 Å². The van der Waals surface area contributed by atoms with Crippen molar-refractivity contribution in [3.8, 4) is 0 Å². The monoisotopic (exact) mass is 198 g/mol. The van der Waals surface area contributed by atoms with Gasteiger partial charge in [0.2, 0.25) is 10.0 Å². The summed E-state index contributed by atoms with van der Waals surface area (Å²) in [6.07, 6.45) is 0.385. The lowest BCUT2D eigenvalue weighted by Gasteiger charge is -2.20. The molecule has 11 heavy (non-hydrogen) atoms. The summed E-state index contributed by atoms with van der Waals surface area (Å²) < 4.78 is 43.2. The first-order valence-electron chi connectivity index (χ1n) is 3.06. The fourth-order valence-corrected chi connectivity index (χ4v) is 3.87. The summed E-state index contributed by atoms with van der Waals surface area (Å²) >= 11 is -2.65. The standard InChI is InChI=1S/C4H9NO4S2/c1-4-2-3-11(8,9)5(4)10(6)7/h4H,2-3H2,1H3,(H,6,7)/p-1. The second-order valence-electron chi connectivity index (χ2n) is 2.43. The molecule has 1 saturated heterocycles. The summed E-state index contributed by atoms with van der Waals surface area (Å²) in [4.78, 5) is 0. The van der Waals surface area contributed by atoms with Gasteiger partial charge >= 0.3 is 0 Å². The molecule has 0 saturated carbocycles. The van der Waals surface area contributed by atoms with Crippen molar-refractivity contribution in [1.82, 2.24) is 3.71 Å². The van der Waals surface area contributed by atoms with Crippen LogP contribution in [0.15, 0.2) is 0 Å². The van der Waals surface area contributed by atoms with E-state index in [0.29, 0.717) is 10.1 Å². The normalized spacial score (nSPS) is 33.8. The highest BCUT2D eigenvalue weighted by Crippen LogP contribution is 2.21. The minimum Gasteiger partial charge on any atom is -0.759 e. The lowest BCUT2D eigenvalue weighted by molar-refractivity contribution is 0.438. The van der Waals surface area contributed by atoms with Crippen molar-refractivity contribution in [3.63, 3.8) is 0 Å². The highest BCUT2D eigenvalue weighted by molar-refractivity contribution is 7.99. The molecular weight excluding hydrogens is 190 g/mol. The van der Waals surface area contributed by atoms with Gasteiger partial charge in [-0.25, -0.2) is 8.42 Å². The molecule has 1 aliphatic rings. The van der Waals surface area contributed by atoms with E-state index in [4.69, 9.17) is 0 Å². The second-order valence-corrected chi connectivity index (χ2v) is 5.45. The molecule has 66 valence electrons. The number of hydrogen-bond donors (Lipinski definition) is 0. The van der Waals surface area contributed by atoms with Crippen LogP contribution in [0.2, 0.25) is 0 Å². The van der Waals surface area contributed by atoms with Gasteiger partial charge < -0.3 is 4.55 Å². The molecule has 0 aromatic rings. The lowest BCUT2D eigenvalue weighted by atomic mass is 10.3. The van der Waals surface area contributed by atoms with E-state index < -0.39 is 27.3 Å². The van der Waals surface area contributed by atoms with Crippen molar-refractivity contribution >= 4 is 21.3 Å². The van der Waals surface area contributed by atoms with Gasteiger partial charge in [-0.05, 0) is 13.3 Å². The average molecular weight is 198 g/mol. The highest BCUT2D eigenvalue weighted by atomic mass is 32.3. The van der Waals surface area contributed by atoms with Gasteiger partial charge in [0.25, 0.3) is 0 Å². The molecule has 0 aromatic heterocycles. The molecule has 0 bridgehead atoms. The molecule has 5 nitrogen and oxygen atoms in total. The van der Waals surface area contributed by atoms with Gasteiger partial charge in [0.05, 0.1) is 5.75 Å². The zero-order valence-electron chi connectivity index (χ0n) is 5.89. The minimum atomic E-state index is -3.51. The second kappa shape index (κ2) is 2.81. The van der Waals surface area contributed by atoms with E-state index in [-0.39, 0.29) is 5.75 Å². The van der Waals surface area contributed by atoms with Crippen molar-refractivity contribution in [1.29, 1.82) is 0 Å². The van der Waals surface area contributed by atoms with E-state index in [0.717, 1.165) is 0 Å². The summed E-state index contributed by atoms with van der Waals surface area (Å²) in [5.74, 6) is -0.0673. The van der Waals surface area contributed by atoms with Gasteiger partial charge in [0.15, 0.2) is 0 Å². The van der Waals surface area contributed by atoms with Crippen LogP contribution in [0.4, 0.5) is 0 Å². The van der Waals surface area contributed by atoms with Crippen LogP contribution in [0.5, 0.6) is 0 Å². The Bertz CT molecular complexity index is 272. The van der Waals surface area contributed by atoms with Crippen molar-refractivity contribution in [2.45, 2.75) is 19.4 Å². The number of nitrogens with zero attached hydrogens (tertiary/aromatic N) is 1. The number of rotatable bonds is 1. The first kappa shape index (κ1) is 9.11. The van der Waals surface area contributed by atoms with Crippen LogP contribution in [0.1, 0.15) is 13.3 Å². The fourth-order valence-electron chi connectivity index (χ4n) is 1.03. The molecule has 1 aliphatic heterocycles. The summed E-state index contributed by atoms with van der Waals surface area (Å²) in [5.41, 5.74) is 0. The van der Waals surface area contributed by atoms with Gasteiger partial charge in [-0.2, -0.15) is 0 Å². The fraction of sp³-hybridized carbons (Fsp3) is 1.00. The SMILES string of the molecule is CC1CCS(=O)(=O)N1S(=O)[O-]. The third-order valence-corrected chi connectivity index (χ3v) is 4.93. The molecule has 1 rings (SSSR count). The van der Waals surface area contributed by atoms with Crippen molar-refractivity contribution in [3.05, 3.63) is 0 Å². The van der Waals surface area contributed by atoms with Crippen molar-refractivity contribution in [2.24, 2.45) is 0 Å². The summed E-state index contributed by atoms with van der Waals surface area (Å²) in [6, 6.07) is -0.418. The molecule has 1 heterocycles. The maximum absolute atomic E-state index is 10.9. The van der Waals surface area contributed by atoms with E-state index in [1.54, 1.807) is 6.92 Å². The number of sulfonamides is 1. The molecule has 0 aromatic carbocycles. The Morgan fingerprint density at radius 3 is 2.36 bits per heavy atom. The Morgan fingerprint density at radius 2 is 2.18 bits per heavy atom. The van der Waals surface area contributed by atoms with E-state index in [1.807, 2.05) is 0 Å². The van der Waals surface area contributed by atoms with Crippen molar-refractivity contribution in [2.75, 3.05) is 5.75 Å². The molecule has 1 fully saturated rings. The molecule has 0 radical (unpaired) electrons. The van der Waals surface area contributed by atoms with E-state index >= 15 is 0 Å². The van der Waals surface area contributed by atoms with Crippen LogP contribution in [0.25, 0.3) is 0 Å². The first-order valence-corrected chi connectivity index (χ1v) is 5.71. The molecule has 0 spiro atoms. The Labute approximate surface area is 67.9 Å².